The molecule has 1 rings (SSSR count). The smallest absolute Gasteiger partial charge is 0.251 e. The van der Waals surface area contributed by atoms with Crippen molar-refractivity contribution in [3.63, 3.8) is 0 Å². The first-order chi connectivity index (χ1) is 7.76. The molecule has 1 atom stereocenters. The van der Waals surface area contributed by atoms with E-state index in [1.54, 1.807) is 18.0 Å². The van der Waals surface area contributed by atoms with Gasteiger partial charge in [-0.15, -0.1) is 0 Å². The van der Waals surface area contributed by atoms with Gasteiger partial charge in [0.2, 0.25) is 0 Å². The summed E-state index contributed by atoms with van der Waals surface area (Å²) in [5.41, 5.74) is -0.0898. The molecule has 0 aromatic carbocycles. The standard InChI is InChI=1S/C11H19N3OS/c1-3-5-9(12-4-2)8-16-11-13-7-6-10(15)14-11/h6-7,9,12H,3-5,8H2,1-2H3,(H,13,14,15). The second-order valence-electron chi connectivity index (χ2n) is 3.59. The lowest BCUT2D eigenvalue weighted by atomic mass is 10.2. The van der Waals surface area contributed by atoms with Gasteiger partial charge < -0.3 is 10.3 Å². The van der Waals surface area contributed by atoms with Crippen LogP contribution in [0.3, 0.4) is 0 Å². The molecule has 0 aliphatic rings. The van der Waals surface area contributed by atoms with Crippen LogP contribution in [-0.2, 0) is 0 Å². The first kappa shape index (κ1) is 13.3. The molecule has 0 saturated heterocycles. The van der Waals surface area contributed by atoms with Crippen LogP contribution in [0, 0.1) is 0 Å². The van der Waals surface area contributed by atoms with E-state index in [9.17, 15) is 4.79 Å². The minimum absolute atomic E-state index is 0.0898. The Labute approximate surface area is 100 Å². The van der Waals surface area contributed by atoms with Crippen LogP contribution in [0.15, 0.2) is 22.2 Å². The largest absolute Gasteiger partial charge is 0.313 e. The normalized spacial score (nSPS) is 12.6. The number of nitrogens with zero attached hydrogens (tertiary/aromatic N) is 1. The summed E-state index contributed by atoms with van der Waals surface area (Å²) in [5.74, 6) is 0.939. The SMILES string of the molecule is CCCC(CSc1nccc(=O)[nH]1)NCC. The summed E-state index contributed by atoms with van der Waals surface area (Å²) in [6, 6.07) is 1.92. The van der Waals surface area contributed by atoms with Crippen molar-refractivity contribution in [2.24, 2.45) is 0 Å². The Balaban J connectivity index is 2.44. The number of H-pyrrole nitrogens is 1. The average molecular weight is 241 g/mol. The number of hydrogen-bond acceptors (Lipinski definition) is 4. The van der Waals surface area contributed by atoms with Crippen molar-refractivity contribution in [3.8, 4) is 0 Å². The molecule has 2 N–H and O–H groups in total. The average Bonchev–Trinajstić information content (AvgIpc) is 2.27. The van der Waals surface area contributed by atoms with Crippen molar-refractivity contribution in [1.82, 2.24) is 15.3 Å². The molecule has 0 saturated carbocycles. The van der Waals surface area contributed by atoms with E-state index < -0.39 is 0 Å². The Hall–Kier alpha value is -0.810. The summed E-state index contributed by atoms with van der Waals surface area (Å²) in [6.45, 7) is 5.26. The van der Waals surface area contributed by atoms with E-state index in [0.717, 1.165) is 25.1 Å². The molecule has 0 aliphatic heterocycles. The Morgan fingerprint density at radius 3 is 3.00 bits per heavy atom. The van der Waals surface area contributed by atoms with Crippen molar-refractivity contribution < 1.29 is 0 Å². The zero-order valence-corrected chi connectivity index (χ0v) is 10.6. The van der Waals surface area contributed by atoms with Crippen LogP contribution in [0.5, 0.6) is 0 Å². The topological polar surface area (TPSA) is 57.8 Å². The highest BCUT2D eigenvalue weighted by Gasteiger charge is 2.07. The Bertz CT molecular complexity index is 347. The van der Waals surface area contributed by atoms with Gasteiger partial charge in [0.15, 0.2) is 5.16 Å². The Morgan fingerprint density at radius 2 is 2.38 bits per heavy atom. The summed E-state index contributed by atoms with van der Waals surface area (Å²) in [4.78, 5) is 17.9. The van der Waals surface area contributed by atoms with Crippen molar-refractivity contribution in [2.45, 2.75) is 37.9 Å². The van der Waals surface area contributed by atoms with Crippen LogP contribution in [0.4, 0.5) is 0 Å². The second kappa shape index (κ2) is 7.46. The third kappa shape index (κ3) is 4.81. The fraction of sp³-hybridized carbons (Fsp3) is 0.636. The second-order valence-corrected chi connectivity index (χ2v) is 4.60. The van der Waals surface area contributed by atoms with E-state index in [1.165, 1.54) is 6.07 Å². The van der Waals surface area contributed by atoms with Crippen molar-refractivity contribution in [3.05, 3.63) is 22.6 Å². The number of aromatic nitrogens is 2. The third-order valence-corrected chi connectivity index (χ3v) is 3.25. The molecule has 1 aromatic heterocycles. The van der Waals surface area contributed by atoms with Gasteiger partial charge >= 0.3 is 0 Å². The zero-order chi connectivity index (χ0) is 11.8. The highest BCUT2D eigenvalue weighted by Crippen LogP contribution is 2.13. The van der Waals surface area contributed by atoms with E-state index in [1.807, 2.05) is 0 Å². The fourth-order valence-corrected chi connectivity index (χ4v) is 2.44. The lowest BCUT2D eigenvalue weighted by Crippen LogP contribution is -2.31. The lowest BCUT2D eigenvalue weighted by molar-refractivity contribution is 0.531. The third-order valence-electron chi connectivity index (χ3n) is 2.20. The quantitative estimate of drug-likeness (QED) is 0.563. The lowest BCUT2D eigenvalue weighted by Gasteiger charge is -2.15. The predicted molar refractivity (Wildman–Crippen MR) is 68.0 cm³/mol. The van der Waals surface area contributed by atoms with Crippen LogP contribution in [-0.4, -0.2) is 28.3 Å². The maximum atomic E-state index is 11.1. The molecule has 0 fully saturated rings. The van der Waals surface area contributed by atoms with Crippen molar-refractivity contribution in [2.75, 3.05) is 12.3 Å². The van der Waals surface area contributed by atoms with Crippen LogP contribution < -0.4 is 10.9 Å². The molecule has 0 spiro atoms. The summed E-state index contributed by atoms with van der Waals surface area (Å²) in [6.07, 6.45) is 3.86. The molecule has 0 aliphatic carbocycles. The van der Waals surface area contributed by atoms with E-state index in [-0.39, 0.29) is 5.56 Å². The minimum atomic E-state index is -0.0898. The molecule has 1 heterocycles. The van der Waals surface area contributed by atoms with E-state index in [0.29, 0.717) is 11.2 Å². The van der Waals surface area contributed by atoms with Gasteiger partial charge in [0, 0.05) is 24.1 Å². The first-order valence-corrected chi connectivity index (χ1v) is 6.66. The predicted octanol–water partition coefficient (Wildman–Crippen LogP) is 1.64. The molecular formula is C11H19N3OS. The molecule has 0 bridgehead atoms. The van der Waals surface area contributed by atoms with Gasteiger partial charge in [-0.1, -0.05) is 32.0 Å². The molecular weight excluding hydrogens is 222 g/mol. The van der Waals surface area contributed by atoms with E-state index >= 15 is 0 Å². The summed E-state index contributed by atoms with van der Waals surface area (Å²) < 4.78 is 0. The molecule has 1 unspecified atom stereocenters. The van der Waals surface area contributed by atoms with Crippen LogP contribution >= 0.6 is 11.8 Å². The van der Waals surface area contributed by atoms with Crippen molar-refractivity contribution >= 4 is 11.8 Å². The molecule has 1 aromatic rings. The molecule has 0 radical (unpaired) electrons. The summed E-state index contributed by atoms with van der Waals surface area (Å²) in [7, 11) is 0. The fourth-order valence-electron chi connectivity index (χ4n) is 1.49. The molecule has 5 heteroatoms. The number of rotatable bonds is 7. The number of thioether (sulfide) groups is 1. The Morgan fingerprint density at radius 1 is 1.56 bits per heavy atom. The van der Waals surface area contributed by atoms with Crippen LogP contribution in [0.1, 0.15) is 26.7 Å². The maximum Gasteiger partial charge on any atom is 0.251 e. The van der Waals surface area contributed by atoms with Gasteiger partial charge in [0.1, 0.15) is 0 Å². The van der Waals surface area contributed by atoms with Crippen molar-refractivity contribution in [1.29, 1.82) is 0 Å². The highest BCUT2D eigenvalue weighted by molar-refractivity contribution is 7.99. The zero-order valence-electron chi connectivity index (χ0n) is 9.82. The molecule has 16 heavy (non-hydrogen) atoms. The Kier molecular flexibility index (Phi) is 6.18. The molecule has 0 amide bonds. The summed E-state index contributed by atoms with van der Waals surface area (Å²) >= 11 is 1.59. The number of aromatic amines is 1. The summed E-state index contributed by atoms with van der Waals surface area (Å²) in [5, 5.41) is 4.13. The molecule has 90 valence electrons. The maximum absolute atomic E-state index is 11.1. The van der Waals surface area contributed by atoms with Crippen LogP contribution in [0.25, 0.3) is 0 Å². The number of hydrogen-bond donors (Lipinski definition) is 2. The minimum Gasteiger partial charge on any atom is -0.313 e. The van der Waals surface area contributed by atoms with Gasteiger partial charge in [-0.25, -0.2) is 4.98 Å². The van der Waals surface area contributed by atoms with E-state index in [4.69, 9.17) is 0 Å². The monoisotopic (exact) mass is 241 g/mol. The highest BCUT2D eigenvalue weighted by atomic mass is 32.2. The number of nitrogens with one attached hydrogen (secondary N) is 2. The molecule has 4 nitrogen and oxygen atoms in total. The van der Waals surface area contributed by atoms with Gasteiger partial charge in [-0.2, -0.15) is 0 Å². The van der Waals surface area contributed by atoms with Gasteiger partial charge in [-0.3, -0.25) is 4.79 Å². The van der Waals surface area contributed by atoms with Gasteiger partial charge in [0.05, 0.1) is 0 Å². The first-order valence-electron chi connectivity index (χ1n) is 5.67. The van der Waals surface area contributed by atoms with Crippen LogP contribution in [0.2, 0.25) is 0 Å². The van der Waals surface area contributed by atoms with Gasteiger partial charge in [0.25, 0.3) is 5.56 Å². The van der Waals surface area contributed by atoms with E-state index in [2.05, 4.69) is 29.1 Å². The van der Waals surface area contributed by atoms with Gasteiger partial charge in [-0.05, 0) is 13.0 Å².